The number of thiophene rings is 1. The molecule has 0 atom stereocenters. The Morgan fingerprint density at radius 1 is 1.21 bits per heavy atom. The molecule has 0 spiro atoms. The van der Waals surface area contributed by atoms with Crippen LogP contribution in [0, 0.1) is 5.82 Å². The van der Waals surface area contributed by atoms with Gasteiger partial charge >= 0.3 is 6.36 Å². The van der Waals surface area contributed by atoms with Crippen LogP contribution in [0.4, 0.5) is 22.6 Å². The molecule has 1 amide bonds. The number of alkyl halides is 3. The third-order valence-electron chi connectivity index (χ3n) is 2.69. The summed E-state index contributed by atoms with van der Waals surface area (Å²) >= 11 is 0.478. The van der Waals surface area contributed by atoms with E-state index in [9.17, 15) is 30.8 Å². The van der Waals surface area contributed by atoms with Gasteiger partial charge in [-0.25, -0.2) is 12.8 Å². The SMILES string of the molecule is NC(=O)c1cc(S(=O)(=O)c2ccc(OC(F)(F)F)cc2F)sc1N. The first-order valence-corrected chi connectivity index (χ1v) is 8.21. The van der Waals surface area contributed by atoms with Crippen LogP contribution >= 0.6 is 11.3 Å². The molecule has 0 saturated carbocycles. The summed E-state index contributed by atoms with van der Waals surface area (Å²) in [6.45, 7) is 0. The molecule has 0 aliphatic heterocycles. The Hall–Kier alpha value is -2.34. The molecule has 0 aliphatic rings. The van der Waals surface area contributed by atoms with E-state index in [1.54, 1.807) is 0 Å². The lowest BCUT2D eigenvalue weighted by Crippen LogP contribution is -2.17. The van der Waals surface area contributed by atoms with Crippen LogP contribution in [0.1, 0.15) is 10.4 Å². The van der Waals surface area contributed by atoms with Crippen LogP contribution in [0.15, 0.2) is 33.4 Å². The lowest BCUT2D eigenvalue weighted by molar-refractivity contribution is -0.274. The van der Waals surface area contributed by atoms with Crippen LogP contribution in [0.3, 0.4) is 0 Å². The Morgan fingerprint density at radius 3 is 2.29 bits per heavy atom. The second kappa shape index (κ2) is 5.94. The zero-order chi connectivity index (χ0) is 18.3. The molecule has 2 aromatic rings. The fraction of sp³-hybridized carbons (Fsp3) is 0.0833. The van der Waals surface area contributed by atoms with Gasteiger partial charge in [-0.2, -0.15) is 0 Å². The number of carbonyl (C=O) groups is 1. The van der Waals surface area contributed by atoms with E-state index in [0.29, 0.717) is 23.5 Å². The molecule has 0 bridgehead atoms. The Labute approximate surface area is 136 Å². The molecule has 0 fully saturated rings. The summed E-state index contributed by atoms with van der Waals surface area (Å²) in [4.78, 5) is 10.2. The van der Waals surface area contributed by atoms with E-state index in [1.165, 1.54) is 0 Å². The maximum Gasteiger partial charge on any atom is 0.573 e. The molecule has 0 unspecified atom stereocenters. The van der Waals surface area contributed by atoms with Crippen LogP contribution in [0.2, 0.25) is 0 Å². The van der Waals surface area contributed by atoms with Crippen molar-refractivity contribution in [1.82, 2.24) is 0 Å². The molecule has 0 aliphatic carbocycles. The second-order valence-electron chi connectivity index (χ2n) is 4.35. The lowest BCUT2D eigenvalue weighted by Gasteiger charge is -2.10. The minimum Gasteiger partial charge on any atom is -0.406 e. The summed E-state index contributed by atoms with van der Waals surface area (Å²) in [6.07, 6.45) is -5.05. The first-order chi connectivity index (χ1) is 10.9. The molecule has 12 heteroatoms. The topological polar surface area (TPSA) is 112 Å². The lowest BCUT2D eigenvalue weighted by atomic mass is 10.3. The van der Waals surface area contributed by atoms with Gasteiger partial charge in [0.25, 0.3) is 5.91 Å². The predicted molar refractivity (Wildman–Crippen MR) is 75.8 cm³/mol. The van der Waals surface area contributed by atoms with Crippen molar-refractivity contribution in [3.8, 4) is 5.75 Å². The molecule has 130 valence electrons. The normalized spacial score (nSPS) is 12.2. The number of anilines is 1. The Balaban J connectivity index is 2.47. The highest BCUT2D eigenvalue weighted by Gasteiger charge is 2.32. The van der Waals surface area contributed by atoms with E-state index in [2.05, 4.69) is 4.74 Å². The van der Waals surface area contributed by atoms with E-state index in [4.69, 9.17) is 11.5 Å². The number of halogens is 4. The molecular weight excluding hydrogens is 376 g/mol. The third kappa shape index (κ3) is 3.59. The summed E-state index contributed by atoms with van der Waals surface area (Å²) in [7, 11) is -4.45. The van der Waals surface area contributed by atoms with Crippen molar-refractivity contribution < 1.29 is 35.5 Å². The number of rotatable bonds is 4. The van der Waals surface area contributed by atoms with Crippen molar-refractivity contribution in [1.29, 1.82) is 0 Å². The molecule has 1 heterocycles. The van der Waals surface area contributed by atoms with Crippen molar-refractivity contribution in [3.05, 3.63) is 35.6 Å². The van der Waals surface area contributed by atoms with Crippen molar-refractivity contribution in [3.63, 3.8) is 0 Å². The minimum absolute atomic E-state index is 0.182. The fourth-order valence-corrected chi connectivity index (χ4v) is 4.40. The van der Waals surface area contributed by atoms with Gasteiger partial charge in [-0.1, -0.05) is 0 Å². The monoisotopic (exact) mass is 384 g/mol. The Morgan fingerprint density at radius 2 is 1.83 bits per heavy atom. The van der Waals surface area contributed by atoms with E-state index in [0.717, 1.165) is 6.07 Å². The third-order valence-corrected chi connectivity index (χ3v) is 5.92. The van der Waals surface area contributed by atoms with Crippen LogP contribution in [0.5, 0.6) is 5.75 Å². The Kier molecular flexibility index (Phi) is 4.46. The smallest absolute Gasteiger partial charge is 0.406 e. The van der Waals surface area contributed by atoms with Gasteiger partial charge in [0.2, 0.25) is 9.84 Å². The van der Waals surface area contributed by atoms with Crippen LogP contribution in [0.25, 0.3) is 0 Å². The van der Waals surface area contributed by atoms with Gasteiger partial charge in [0.05, 0.1) is 10.6 Å². The molecule has 1 aromatic carbocycles. The molecule has 1 aromatic heterocycles. The van der Waals surface area contributed by atoms with E-state index >= 15 is 0 Å². The van der Waals surface area contributed by atoms with Gasteiger partial charge in [-0.15, -0.1) is 24.5 Å². The quantitative estimate of drug-likeness (QED) is 0.786. The molecule has 0 saturated heterocycles. The molecule has 0 radical (unpaired) electrons. The fourth-order valence-electron chi connectivity index (χ4n) is 1.71. The second-order valence-corrected chi connectivity index (χ2v) is 7.58. The van der Waals surface area contributed by atoms with E-state index in [1.807, 2.05) is 0 Å². The summed E-state index contributed by atoms with van der Waals surface area (Å²) < 4.78 is 77.9. The van der Waals surface area contributed by atoms with Crippen LogP contribution in [-0.2, 0) is 9.84 Å². The van der Waals surface area contributed by atoms with E-state index < -0.39 is 42.8 Å². The van der Waals surface area contributed by atoms with Gasteiger partial charge in [-0.05, 0) is 18.2 Å². The number of benzene rings is 1. The molecule has 24 heavy (non-hydrogen) atoms. The van der Waals surface area contributed by atoms with Crippen LogP contribution in [-0.4, -0.2) is 20.7 Å². The van der Waals surface area contributed by atoms with Gasteiger partial charge < -0.3 is 16.2 Å². The van der Waals surface area contributed by atoms with Gasteiger partial charge in [-0.3, -0.25) is 4.79 Å². The van der Waals surface area contributed by atoms with E-state index in [-0.39, 0.29) is 16.6 Å². The summed E-state index contributed by atoms with van der Waals surface area (Å²) in [5.41, 5.74) is 10.2. The van der Waals surface area contributed by atoms with Crippen molar-refractivity contribution in [2.24, 2.45) is 5.73 Å². The standard InChI is InChI=1S/C12H8F4N2O4S2/c13-7-3-5(22-12(14,15)16)1-2-8(7)24(20,21)9-4-6(10(17)19)11(18)23-9/h1-4H,18H2,(H2,17,19). The number of nitrogen functional groups attached to an aromatic ring is 1. The number of primary amides is 1. The summed E-state index contributed by atoms with van der Waals surface area (Å²) in [6, 6.07) is 2.42. The van der Waals surface area contributed by atoms with Gasteiger partial charge in [0.15, 0.2) is 0 Å². The minimum atomic E-state index is -5.05. The number of hydrogen-bond acceptors (Lipinski definition) is 6. The number of nitrogens with two attached hydrogens (primary N) is 2. The van der Waals surface area contributed by atoms with Gasteiger partial charge in [0.1, 0.15) is 20.7 Å². The van der Waals surface area contributed by atoms with Gasteiger partial charge in [0, 0.05) is 6.07 Å². The zero-order valence-electron chi connectivity index (χ0n) is 11.4. The predicted octanol–water partition coefficient (Wildman–Crippen LogP) is 2.30. The Bertz CT molecular complexity index is 906. The maximum absolute atomic E-state index is 13.9. The first kappa shape index (κ1) is 18.0. The highest BCUT2D eigenvalue weighted by atomic mass is 32.2. The largest absolute Gasteiger partial charge is 0.573 e. The van der Waals surface area contributed by atoms with Crippen molar-refractivity contribution >= 4 is 32.1 Å². The molecular formula is C12H8F4N2O4S2. The first-order valence-electron chi connectivity index (χ1n) is 5.91. The van der Waals surface area contributed by atoms with Crippen molar-refractivity contribution in [2.45, 2.75) is 15.5 Å². The van der Waals surface area contributed by atoms with Crippen LogP contribution < -0.4 is 16.2 Å². The molecule has 4 N–H and O–H groups in total. The zero-order valence-corrected chi connectivity index (χ0v) is 13.1. The number of amides is 1. The highest BCUT2D eigenvalue weighted by molar-refractivity contribution is 7.93. The molecule has 6 nitrogen and oxygen atoms in total. The maximum atomic E-state index is 13.9. The number of ether oxygens (including phenoxy) is 1. The average Bonchev–Trinajstić information content (AvgIpc) is 2.79. The average molecular weight is 384 g/mol. The molecule has 2 rings (SSSR count). The number of carbonyl (C=O) groups excluding carboxylic acids is 1. The summed E-state index contributed by atoms with van der Waals surface area (Å²) in [5.74, 6) is -3.34. The highest BCUT2D eigenvalue weighted by Crippen LogP contribution is 2.34. The number of hydrogen-bond donors (Lipinski definition) is 2. The van der Waals surface area contributed by atoms with Crippen molar-refractivity contribution in [2.75, 3.05) is 5.73 Å². The number of sulfone groups is 1. The summed E-state index contributed by atoms with van der Waals surface area (Å²) in [5, 5.41) is -0.182.